The van der Waals surface area contributed by atoms with E-state index in [2.05, 4.69) is 30.1 Å². The normalized spacial score (nSPS) is 17.4. The van der Waals surface area contributed by atoms with Crippen LogP contribution in [0.2, 0.25) is 0 Å². The molecular formula is C15H23N3S. The molecule has 1 heterocycles. The van der Waals surface area contributed by atoms with Crippen LogP contribution in [0.4, 0.5) is 5.69 Å². The van der Waals surface area contributed by atoms with E-state index in [4.69, 9.17) is 18.0 Å². The molecule has 104 valence electrons. The third-order valence-electron chi connectivity index (χ3n) is 3.57. The van der Waals surface area contributed by atoms with Crippen molar-refractivity contribution in [3.63, 3.8) is 0 Å². The fourth-order valence-corrected chi connectivity index (χ4v) is 2.83. The van der Waals surface area contributed by atoms with E-state index in [-0.39, 0.29) is 0 Å². The van der Waals surface area contributed by atoms with Gasteiger partial charge in [-0.25, -0.2) is 0 Å². The van der Waals surface area contributed by atoms with Crippen molar-refractivity contribution < 1.29 is 0 Å². The molecule has 1 saturated heterocycles. The van der Waals surface area contributed by atoms with E-state index in [1.165, 1.54) is 31.5 Å². The fraction of sp³-hybridized carbons (Fsp3) is 0.533. The molecule has 0 bridgehead atoms. The van der Waals surface area contributed by atoms with Gasteiger partial charge in [-0.05, 0) is 57.5 Å². The van der Waals surface area contributed by atoms with E-state index in [0.717, 1.165) is 17.8 Å². The van der Waals surface area contributed by atoms with Crippen LogP contribution in [0, 0.1) is 6.92 Å². The van der Waals surface area contributed by atoms with Gasteiger partial charge in [0.25, 0.3) is 0 Å². The molecule has 0 aromatic heterocycles. The zero-order valence-corrected chi connectivity index (χ0v) is 12.6. The molecule has 2 rings (SSSR count). The summed E-state index contributed by atoms with van der Waals surface area (Å²) in [6, 6.07) is 6.57. The predicted molar refractivity (Wildman–Crippen MR) is 85.8 cm³/mol. The lowest BCUT2D eigenvalue weighted by molar-refractivity contribution is 0.328. The lowest BCUT2D eigenvalue weighted by atomic mass is 10.1. The van der Waals surface area contributed by atoms with Crippen molar-refractivity contribution in [1.29, 1.82) is 0 Å². The van der Waals surface area contributed by atoms with E-state index in [9.17, 15) is 0 Å². The summed E-state index contributed by atoms with van der Waals surface area (Å²) in [5.41, 5.74) is 9.00. The number of hydrogen-bond donors (Lipinski definition) is 2. The maximum absolute atomic E-state index is 5.78. The number of benzene rings is 1. The summed E-state index contributed by atoms with van der Waals surface area (Å²) in [5, 5.41) is 3.55. The van der Waals surface area contributed by atoms with Crippen molar-refractivity contribution in [2.75, 3.05) is 25.0 Å². The first-order chi connectivity index (χ1) is 9.06. The number of nitrogens with zero attached hydrogens (tertiary/aromatic N) is 1. The van der Waals surface area contributed by atoms with Gasteiger partial charge >= 0.3 is 0 Å². The molecule has 1 aliphatic rings. The van der Waals surface area contributed by atoms with Crippen molar-refractivity contribution in [2.24, 2.45) is 5.73 Å². The van der Waals surface area contributed by atoms with Crippen LogP contribution in [0.25, 0.3) is 0 Å². The molecule has 0 aliphatic carbocycles. The molecule has 3 N–H and O–H groups in total. The van der Waals surface area contributed by atoms with Gasteiger partial charge in [-0.2, -0.15) is 0 Å². The first-order valence-corrected chi connectivity index (χ1v) is 7.36. The second-order valence-electron chi connectivity index (χ2n) is 5.47. The standard InChI is InChI=1S/C15H23N3S/c1-11-5-6-13(15(16)19)14(9-11)17-12(2)10-18-7-3-4-8-18/h5-6,9,12,17H,3-4,7-8,10H2,1-2H3,(H2,16,19). The van der Waals surface area contributed by atoms with Crippen LogP contribution in [0.3, 0.4) is 0 Å². The van der Waals surface area contributed by atoms with Crippen LogP contribution < -0.4 is 11.1 Å². The van der Waals surface area contributed by atoms with Gasteiger partial charge in [0.1, 0.15) is 4.99 Å². The van der Waals surface area contributed by atoms with Crippen molar-refractivity contribution >= 4 is 22.9 Å². The molecule has 1 aromatic carbocycles. The van der Waals surface area contributed by atoms with Crippen molar-refractivity contribution in [3.05, 3.63) is 29.3 Å². The SMILES string of the molecule is Cc1ccc(C(N)=S)c(NC(C)CN2CCCC2)c1. The molecule has 3 nitrogen and oxygen atoms in total. The number of hydrogen-bond acceptors (Lipinski definition) is 3. The summed E-state index contributed by atoms with van der Waals surface area (Å²) in [4.78, 5) is 2.96. The minimum absolute atomic E-state index is 0.396. The Morgan fingerprint density at radius 3 is 2.74 bits per heavy atom. The number of likely N-dealkylation sites (tertiary alicyclic amines) is 1. The number of rotatable bonds is 5. The molecule has 0 amide bonds. The van der Waals surface area contributed by atoms with Gasteiger partial charge < -0.3 is 16.0 Å². The first-order valence-electron chi connectivity index (χ1n) is 6.95. The minimum atomic E-state index is 0.396. The second-order valence-corrected chi connectivity index (χ2v) is 5.91. The lowest BCUT2D eigenvalue weighted by Gasteiger charge is -2.23. The third kappa shape index (κ3) is 3.91. The van der Waals surface area contributed by atoms with Gasteiger partial charge in [-0.15, -0.1) is 0 Å². The monoisotopic (exact) mass is 277 g/mol. The number of anilines is 1. The highest BCUT2D eigenvalue weighted by Gasteiger charge is 2.15. The van der Waals surface area contributed by atoms with E-state index in [1.807, 2.05) is 12.1 Å². The summed E-state index contributed by atoms with van der Waals surface area (Å²) in [6.45, 7) is 7.82. The first kappa shape index (κ1) is 14.3. The summed E-state index contributed by atoms with van der Waals surface area (Å²) in [5.74, 6) is 0. The molecule has 0 spiro atoms. The third-order valence-corrected chi connectivity index (χ3v) is 3.79. The van der Waals surface area contributed by atoms with Gasteiger partial charge in [-0.1, -0.05) is 18.3 Å². The van der Waals surface area contributed by atoms with E-state index < -0.39 is 0 Å². The van der Waals surface area contributed by atoms with Crippen LogP contribution in [-0.4, -0.2) is 35.6 Å². The Balaban J connectivity index is 2.04. The Hall–Kier alpha value is -1.13. The molecule has 0 radical (unpaired) electrons. The Morgan fingerprint density at radius 2 is 2.11 bits per heavy atom. The topological polar surface area (TPSA) is 41.3 Å². The Labute approximate surface area is 121 Å². The Bertz CT molecular complexity index is 453. The Kier molecular flexibility index (Phi) is 4.77. The maximum Gasteiger partial charge on any atom is 0.106 e. The maximum atomic E-state index is 5.78. The number of nitrogens with one attached hydrogen (secondary N) is 1. The molecular weight excluding hydrogens is 254 g/mol. The van der Waals surface area contributed by atoms with Crippen molar-refractivity contribution in [3.8, 4) is 0 Å². The van der Waals surface area contributed by atoms with Crippen LogP contribution >= 0.6 is 12.2 Å². The average Bonchev–Trinajstić information content (AvgIpc) is 2.81. The van der Waals surface area contributed by atoms with E-state index in [1.54, 1.807) is 0 Å². The largest absolute Gasteiger partial charge is 0.389 e. The van der Waals surface area contributed by atoms with Crippen LogP contribution in [0.1, 0.15) is 30.9 Å². The van der Waals surface area contributed by atoms with Gasteiger partial charge in [0.15, 0.2) is 0 Å². The number of thiocarbonyl (C=S) groups is 1. The molecule has 0 saturated carbocycles. The van der Waals surface area contributed by atoms with E-state index in [0.29, 0.717) is 11.0 Å². The van der Waals surface area contributed by atoms with Crippen LogP contribution in [0.15, 0.2) is 18.2 Å². The molecule has 1 aromatic rings. The summed E-state index contributed by atoms with van der Waals surface area (Å²) in [7, 11) is 0. The van der Waals surface area contributed by atoms with Crippen LogP contribution in [0.5, 0.6) is 0 Å². The van der Waals surface area contributed by atoms with Crippen molar-refractivity contribution in [2.45, 2.75) is 32.7 Å². The van der Waals surface area contributed by atoms with E-state index >= 15 is 0 Å². The molecule has 1 fully saturated rings. The van der Waals surface area contributed by atoms with Gasteiger partial charge in [-0.3, -0.25) is 0 Å². The number of aryl methyl sites for hydroxylation is 1. The molecule has 1 unspecified atom stereocenters. The highest BCUT2D eigenvalue weighted by Crippen LogP contribution is 2.19. The zero-order chi connectivity index (χ0) is 13.8. The quantitative estimate of drug-likeness (QED) is 0.812. The van der Waals surface area contributed by atoms with Gasteiger partial charge in [0.2, 0.25) is 0 Å². The number of nitrogens with two attached hydrogens (primary N) is 1. The predicted octanol–water partition coefficient (Wildman–Crippen LogP) is 2.53. The summed E-state index contributed by atoms with van der Waals surface area (Å²) >= 11 is 5.12. The molecule has 1 atom stereocenters. The minimum Gasteiger partial charge on any atom is -0.389 e. The fourth-order valence-electron chi connectivity index (χ4n) is 2.66. The average molecular weight is 277 g/mol. The molecule has 4 heteroatoms. The van der Waals surface area contributed by atoms with Crippen molar-refractivity contribution in [1.82, 2.24) is 4.90 Å². The smallest absolute Gasteiger partial charge is 0.106 e. The molecule has 1 aliphatic heterocycles. The van der Waals surface area contributed by atoms with Gasteiger partial charge in [0.05, 0.1) is 0 Å². The summed E-state index contributed by atoms with van der Waals surface area (Å²) < 4.78 is 0. The highest BCUT2D eigenvalue weighted by molar-refractivity contribution is 7.80. The second kappa shape index (κ2) is 6.35. The summed E-state index contributed by atoms with van der Waals surface area (Å²) in [6.07, 6.45) is 2.66. The zero-order valence-electron chi connectivity index (χ0n) is 11.8. The lowest BCUT2D eigenvalue weighted by Crippen LogP contribution is -2.33. The van der Waals surface area contributed by atoms with Crippen LogP contribution in [-0.2, 0) is 0 Å². The molecule has 19 heavy (non-hydrogen) atoms. The Morgan fingerprint density at radius 1 is 1.42 bits per heavy atom. The highest BCUT2D eigenvalue weighted by atomic mass is 32.1. The van der Waals surface area contributed by atoms with Gasteiger partial charge in [0, 0.05) is 23.8 Å².